The van der Waals surface area contributed by atoms with Crippen molar-refractivity contribution in [1.82, 2.24) is 5.32 Å². The molecule has 0 fully saturated rings. The highest BCUT2D eigenvalue weighted by molar-refractivity contribution is 5.99. The molecule has 1 aliphatic carbocycles. The Morgan fingerprint density at radius 3 is 2.48 bits per heavy atom. The van der Waals surface area contributed by atoms with Gasteiger partial charge in [-0.15, -0.1) is 0 Å². The lowest BCUT2D eigenvalue weighted by Gasteiger charge is -2.09. The average Bonchev–Trinajstić information content (AvgIpc) is 3.04. The van der Waals surface area contributed by atoms with Gasteiger partial charge in [-0.25, -0.2) is 4.39 Å². The van der Waals surface area contributed by atoms with Gasteiger partial charge < -0.3 is 10.6 Å². The normalized spacial score (nSPS) is 11.4. The Bertz CT molecular complexity index is 1050. The number of carbonyl (C=O) groups is 2. The van der Waals surface area contributed by atoms with E-state index < -0.39 is 11.7 Å². The molecule has 0 heterocycles. The second-order valence-corrected chi connectivity index (χ2v) is 6.42. The molecule has 0 spiro atoms. The van der Waals surface area contributed by atoms with Crippen molar-refractivity contribution in [3.05, 3.63) is 89.2 Å². The van der Waals surface area contributed by atoms with Crippen LogP contribution in [-0.4, -0.2) is 18.4 Å². The Morgan fingerprint density at radius 2 is 1.63 bits per heavy atom. The van der Waals surface area contributed by atoms with E-state index in [-0.39, 0.29) is 18.0 Å². The summed E-state index contributed by atoms with van der Waals surface area (Å²) >= 11 is 0. The zero-order valence-corrected chi connectivity index (χ0v) is 14.5. The molecule has 0 bridgehead atoms. The van der Waals surface area contributed by atoms with Gasteiger partial charge in [-0.2, -0.15) is 0 Å². The third kappa shape index (κ3) is 3.44. The molecule has 0 aliphatic heterocycles. The van der Waals surface area contributed by atoms with Gasteiger partial charge in [-0.1, -0.05) is 42.5 Å². The number of halogens is 1. The fraction of sp³-hybridized carbons (Fsp3) is 0.0909. The van der Waals surface area contributed by atoms with Crippen LogP contribution in [-0.2, 0) is 11.2 Å². The molecule has 0 unspecified atom stereocenters. The maximum Gasteiger partial charge on any atom is 0.254 e. The summed E-state index contributed by atoms with van der Waals surface area (Å²) in [5, 5.41) is 5.21. The van der Waals surface area contributed by atoms with Crippen molar-refractivity contribution in [3.8, 4) is 11.1 Å². The van der Waals surface area contributed by atoms with E-state index in [2.05, 4.69) is 22.8 Å². The van der Waals surface area contributed by atoms with Gasteiger partial charge in [-0.3, -0.25) is 9.59 Å². The molecule has 1 aliphatic rings. The summed E-state index contributed by atoms with van der Waals surface area (Å²) in [5.74, 6) is -1.60. The third-order valence-corrected chi connectivity index (χ3v) is 4.61. The smallest absolute Gasteiger partial charge is 0.254 e. The van der Waals surface area contributed by atoms with Crippen molar-refractivity contribution < 1.29 is 14.0 Å². The zero-order valence-electron chi connectivity index (χ0n) is 14.5. The van der Waals surface area contributed by atoms with Crippen molar-refractivity contribution in [2.75, 3.05) is 11.9 Å². The number of benzene rings is 3. The Hall–Kier alpha value is -3.47. The highest BCUT2D eigenvalue weighted by atomic mass is 19.1. The second kappa shape index (κ2) is 7.03. The Kier molecular flexibility index (Phi) is 4.42. The Labute approximate surface area is 156 Å². The van der Waals surface area contributed by atoms with Gasteiger partial charge in [0.15, 0.2) is 0 Å². The van der Waals surface area contributed by atoms with Gasteiger partial charge in [-0.05, 0) is 52.9 Å². The first-order valence-corrected chi connectivity index (χ1v) is 8.65. The molecule has 0 aromatic heterocycles. The average molecular weight is 360 g/mol. The maximum atomic E-state index is 13.6. The number of nitrogens with one attached hydrogen (secondary N) is 2. The van der Waals surface area contributed by atoms with Crippen LogP contribution >= 0.6 is 0 Å². The van der Waals surface area contributed by atoms with Crippen molar-refractivity contribution in [2.45, 2.75) is 6.42 Å². The summed E-state index contributed by atoms with van der Waals surface area (Å²) < 4.78 is 13.6. The molecule has 0 saturated carbocycles. The second-order valence-electron chi connectivity index (χ2n) is 6.42. The fourth-order valence-electron chi connectivity index (χ4n) is 3.33. The molecule has 0 saturated heterocycles. The lowest BCUT2D eigenvalue weighted by molar-refractivity contribution is -0.115. The third-order valence-electron chi connectivity index (χ3n) is 4.61. The molecule has 4 nitrogen and oxygen atoms in total. The SMILES string of the molecule is O=C(CNC(=O)c1ccccc1F)Nc1ccc2c(c1)Cc1ccccc1-2. The lowest BCUT2D eigenvalue weighted by Crippen LogP contribution is -2.33. The summed E-state index contributed by atoms with van der Waals surface area (Å²) in [7, 11) is 0. The first kappa shape index (κ1) is 17.0. The first-order valence-electron chi connectivity index (χ1n) is 8.65. The van der Waals surface area contributed by atoms with Crippen LogP contribution in [0.2, 0.25) is 0 Å². The van der Waals surface area contributed by atoms with Crippen molar-refractivity contribution in [2.24, 2.45) is 0 Å². The van der Waals surface area contributed by atoms with E-state index in [4.69, 9.17) is 0 Å². The molecule has 0 radical (unpaired) electrons. The highest BCUT2D eigenvalue weighted by Crippen LogP contribution is 2.37. The van der Waals surface area contributed by atoms with Gasteiger partial charge in [0.2, 0.25) is 5.91 Å². The predicted molar refractivity (Wildman–Crippen MR) is 102 cm³/mol. The highest BCUT2D eigenvalue weighted by Gasteiger charge is 2.18. The van der Waals surface area contributed by atoms with Crippen LogP contribution in [0.5, 0.6) is 0 Å². The number of carbonyl (C=O) groups excluding carboxylic acids is 2. The van der Waals surface area contributed by atoms with Crippen LogP contribution in [0.4, 0.5) is 10.1 Å². The molecular weight excluding hydrogens is 343 g/mol. The van der Waals surface area contributed by atoms with Gasteiger partial charge in [0.05, 0.1) is 12.1 Å². The van der Waals surface area contributed by atoms with Crippen molar-refractivity contribution in [1.29, 1.82) is 0 Å². The Morgan fingerprint density at radius 1 is 0.889 bits per heavy atom. The minimum Gasteiger partial charge on any atom is -0.343 e. The van der Waals surface area contributed by atoms with Crippen LogP contribution in [0.15, 0.2) is 66.7 Å². The van der Waals surface area contributed by atoms with Crippen LogP contribution < -0.4 is 10.6 Å². The van der Waals surface area contributed by atoms with E-state index in [1.807, 2.05) is 30.3 Å². The van der Waals surface area contributed by atoms with Gasteiger partial charge in [0.1, 0.15) is 5.82 Å². The van der Waals surface area contributed by atoms with E-state index >= 15 is 0 Å². The van der Waals surface area contributed by atoms with Crippen molar-refractivity contribution in [3.63, 3.8) is 0 Å². The lowest BCUT2D eigenvalue weighted by atomic mass is 10.1. The van der Waals surface area contributed by atoms with Gasteiger partial charge in [0, 0.05) is 5.69 Å². The number of rotatable bonds is 4. The summed E-state index contributed by atoms with van der Waals surface area (Å²) in [6.45, 7) is -0.232. The van der Waals surface area contributed by atoms with Gasteiger partial charge in [0.25, 0.3) is 5.91 Å². The summed E-state index contributed by atoms with van der Waals surface area (Å²) in [5.41, 5.74) is 5.42. The quantitative estimate of drug-likeness (QED) is 0.582. The standard InChI is InChI=1S/C22H17FN2O2/c23-20-8-4-3-7-19(20)22(27)24-13-21(26)25-16-9-10-18-15(12-16)11-14-5-1-2-6-17(14)18/h1-10,12H,11,13H2,(H,24,27)(H,25,26). The number of amides is 2. The van der Waals surface area contributed by atoms with E-state index in [1.165, 1.54) is 34.9 Å². The fourth-order valence-corrected chi connectivity index (χ4v) is 3.33. The van der Waals surface area contributed by atoms with Crippen LogP contribution in [0, 0.1) is 5.82 Å². The number of anilines is 1. The van der Waals surface area contributed by atoms with E-state index in [1.54, 1.807) is 6.07 Å². The maximum absolute atomic E-state index is 13.6. The first-order chi connectivity index (χ1) is 13.1. The van der Waals surface area contributed by atoms with E-state index in [0.717, 1.165) is 12.0 Å². The van der Waals surface area contributed by atoms with E-state index in [9.17, 15) is 14.0 Å². The predicted octanol–water partition coefficient (Wildman–Crippen LogP) is 3.77. The molecule has 2 amide bonds. The number of hydrogen-bond donors (Lipinski definition) is 2. The molecule has 27 heavy (non-hydrogen) atoms. The molecule has 3 aromatic carbocycles. The Balaban J connectivity index is 1.39. The number of hydrogen-bond acceptors (Lipinski definition) is 2. The zero-order chi connectivity index (χ0) is 18.8. The topological polar surface area (TPSA) is 58.2 Å². The van der Waals surface area contributed by atoms with Crippen LogP contribution in [0.25, 0.3) is 11.1 Å². The van der Waals surface area contributed by atoms with Crippen LogP contribution in [0.1, 0.15) is 21.5 Å². The summed E-state index contributed by atoms with van der Waals surface area (Å²) in [6.07, 6.45) is 0.833. The van der Waals surface area contributed by atoms with Crippen LogP contribution in [0.3, 0.4) is 0 Å². The molecule has 0 atom stereocenters. The molecule has 2 N–H and O–H groups in total. The molecule has 4 rings (SSSR count). The molecule has 5 heteroatoms. The van der Waals surface area contributed by atoms with Crippen molar-refractivity contribution >= 4 is 17.5 Å². The van der Waals surface area contributed by atoms with Gasteiger partial charge >= 0.3 is 0 Å². The minimum atomic E-state index is -0.618. The molecule has 3 aromatic rings. The monoisotopic (exact) mass is 360 g/mol. The largest absolute Gasteiger partial charge is 0.343 e. The summed E-state index contributed by atoms with van der Waals surface area (Å²) in [4.78, 5) is 24.1. The summed E-state index contributed by atoms with van der Waals surface area (Å²) in [6, 6.07) is 19.7. The van der Waals surface area contributed by atoms with E-state index in [0.29, 0.717) is 5.69 Å². The minimum absolute atomic E-state index is 0.0828. The number of fused-ring (bicyclic) bond motifs is 3. The molecular formula is C22H17FN2O2. The molecule has 134 valence electrons.